The summed E-state index contributed by atoms with van der Waals surface area (Å²) in [5.74, 6) is -0.216. The molecule has 0 aliphatic carbocycles. The topological polar surface area (TPSA) is 111 Å². The van der Waals surface area contributed by atoms with Crippen LogP contribution in [0.25, 0.3) is 22.2 Å². The zero-order chi connectivity index (χ0) is 22.1. The number of hydrogen-bond acceptors (Lipinski definition) is 6. The van der Waals surface area contributed by atoms with Gasteiger partial charge in [-0.2, -0.15) is 9.78 Å². The molecule has 156 valence electrons. The maximum Gasteiger partial charge on any atom is 0.261 e. The molecule has 32 heavy (non-hydrogen) atoms. The summed E-state index contributed by atoms with van der Waals surface area (Å²) in [6.45, 7) is 1.96. The Balaban J connectivity index is 1.67. The fourth-order valence-electron chi connectivity index (χ4n) is 3.48. The van der Waals surface area contributed by atoms with Crippen molar-refractivity contribution in [2.45, 2.75) is 6.92 Å². The fourth-order valence-corrected chi connectivity index (χ4v) is 3.48. The third-order valence-corrected chi connectivity index (χ3v) is 5.01. The Morgan fingerprint density at radius 3 is 2.53 bits per heavy atom. The molecule has 0 saturated carbocycles. The Morgan fingerprint density at radius 1 is 1.03 bits per heavy atom. The highest BCUT2D eigenvalue weighted by Crippen LogP contribution is 2.28. The van der Waals surface area contributed by atoms with Crippen LogP contribution in [-0.4, -0.2) is 31.7 Å². The van der Waals surface area contributed by atoms with Crippen LogP contribution in [0.3, 0.4) is 0 Å². The number of rotatable bonds is 4. The van der Waals surface area contributed by atoms with E-state index < -0.39 is 0 Å². The van der Waals surface area contributed by atoms with E-state index in [1.54, 1.807) is 18.6 Å². The number of pyridine rings is 1. The molecule has 0 atom stereocenters. The van der Waals surface area contributed by atoms with E-state index in [0.717, 1.165) is 11.1 Å². The van der Waals surface area contributed by atoms with Crippen LogP contribution in [0.2, 0.25) is 0 Å². The van der Waals surface area contributed by atoms with Crippen LogP contribution in [0.15, 0.2) is 78.2 Å². The lowest BCUT2D eigenvalue weighted by Gasteiger charge is -2.06. The second kappa shape index (κ2) is 7.92. The first-order valence-corrected chi connectivity index (χ1v) is 9.99. The second-order valence-electron chi connectivity index (χ2n) is 7.31. The van der Waals surface area contributed by atoms with Crippen molar-refractivity contribution in [1.82, 2.24) is 19.6 Å². The highest BCUT2D eigenvalue weighted by atomic mass is 16.1. The fraction of sp³-hybridized carbons (Fsp3) is 0.0417. The smallest absolute Gasteiger partial charge is 0.261 e. The van der Waals surface area contributed by atoms with Crippen molar-refractivity contribution < 1.29 is 4.79 Å². The van der Waals surface area contributed by atoms with Crippen LogP contribution in [0, 0.1) is 6.92 Å². The van der Waals surface area contributed by atoms with Gasteiger partial charge in [0.05, 0.1) is 17.2 Å². The number of carbonyl (C=O) groups excluding carboxylic acids is 1. The number of nitrogens with one attached hydrogen (secondary N) is 1. The van der Waals surface area contributed by atoms with Crippen molar-refractivity contribution in [2.75, 3.05) is 11.1 Å². The first-order valence-electron chi connectivity index (χ1n) is 9.99. The molecule has 3 N–H and O–H groups in total. The predicted octanol–water partition coefficient (Wildman–Crippen LogP) is 4.00. The van der Waals surface area contributed by atoms with Crippen LogP contribution in [0.5, 0.6) is 0 Å². The van der Waals surface area contributed by atoms with Crippen molar-refractivity contribution in [3.63, 3.8) is 0 Å². The largest absolute Gasteiger partial charge is 0.383 e. The third-order valence-electron chi connectivity index (χ3n) is 5.01. The first-order chi connectivity index (χ1) is 15.6. The van der Waals surface area contributed by atoms with Crippen LogP contribution in [0.1, 0.15) is 21.5 Å². The molecule has 0 aliphatic heterocycles. The van der Waals surface area contributed by atoms with E-state index in [4.69, 9.17) is 5.73 Å². The van der Waals surface area contributed by atoms with Crippen molar-refractivity contribution in [3.05, 3.63) is 89.7 Å². The molecule has 0 radical (unpaired) electrons. The molecule has 8 heteroatoms. The summed E-state index contributed by atoms with van der Waals surface area (Å²) in [5.41, 5.74) is 11.3. The van der Waals surface area contributed by atoms with E-state index in [1.165, 1.54) is 4.68 Å². The van der Waals surface area contributed by atoms with E-state index >= 15 is 0 Å². The van der Waals surface area contributed by atoms with Crippen molar-refractivity contribution in [2.24, 2.45) is 5.10 Å². The maximum atomic E-state index is 13.3. The molecule has 0 unspecified atom stereocenters. The Labute approximate surface area is 183 Å². The van der Waals surface area contributed by atoms with Crippen molar-refractivity contribution >= 4 is 45.8 Å². The van der Waals surface area contributed by atoms with E-state index in [2.05, 4.69) is 25.4 Å². The number of aromatic nitrogens is 4. The lowest BCUT2D eigenvalue weighted by atomic mass is 10.2. The first kappa shape index (κ1) is 19.4. The van der Waals surface area contributed by atoms with Crippen LogP contribution < -0.4 is 11.1 Å². The number of nitrogen functional groups attached to an aromatic ring is 1. The molecular formula is C24H19N7O. The lowest BCUT2D eigenvalue weighted by molar-refractivity contribution is 0.102. The van der Waals surface area contributed by atoms with Gasteiger partial charge in [0.25, 0.3) is 5.91 Å². The molecule has 0 aliphatic rings. The zero-order valence-corrected chi connectivity index (χ0v) is 17.2. The second-order valence-corrected chi connectivity index (χ2v) is 7.31. The van der Waals surface area contributed by atoms with Gasteiger partial charge >= 0.3 is 0 Å². The summed E-state index contributed by atoms with van der Waals surface area (Å²) in [6, 6.07) is 18.6. The van der Waals surface area contributed by atoms with E-state index in [0.29, 0.717) is 27.9 Å². The number of aryl methyl sites for hydroxylation is 1. The molecule has 0 saturated heterocycles. The van der Waals surface area contributed by atoms with E-state index in [-0.39, 0.29) is 17.3 Å². The molecule has 3 aromatic heterocycles. The molecule has 0 fully saturated rings. The van der Waals surface area contributed by atoms with Gasteiger partial charge in [0, 0.05) is 18.1 Å². The number of amides is 1. The number of para-hydroxylation sites is 2. The minimum absolute atomic E-state index is 0.158. The summed E-state index contributed by atoms with van der Waals surface area (Å²) in [7, 11) is 0. The Bertz CT molecular complexity index is 1490. The van der Waals surface area contributed by atoms with Gasteiger partial charge in [-0.15, -0.1) is 0 Å². The van der Waals surface area contributed by atoms with Gasteiger partial charge in [-0.3, -0.25) is 9.78 Å². The number of nitrogens with two attached hydrogens (primary N) is 1. The average Bonchev–Trinajstić information content (AvgIpc) is 3.07. The molecule has 0 spiro atoms. The maximum absolute atomic E-state index is 13.3. The number of benzene rings is 2. The molecule has 3 heterocycles. The minimum atomic E-state index is -0.374. The van der Waals surface area contributed by atoms with Gasteiger partial charge in [0.15, 0.2) is 5.65 Å². The van der Waals surface area contributed by atoms with Crippen LogP contribution in [0.4, 0.5) is 11.5 Å². The summed E-state index contributed by atoms with van der Waals surface area (Å²) in [4.78, 5) is 26.6. The summed E-state index contributed by atoms with van der Waals surface area (Å²) in [6.07, 6.45) is 4.98. The van der Waals surface area contributed by atoms with Gasteiger partial charge in [-0.05, 0) is 54.4 Å². The standard InChI is InChI=1S/C24H19N7O/c1-15-5-4-6-17(13-15)28-24(32)20-21-23(30-19-8-3-2-7-18(19)29-21)31(22(20)25)27-14-16-9-11-26-12-10-16/h2-14H,25H2,1H3,(H,28,32). The third kappa shape index (κ3) is 3.54. The molecule has 5 aromatic rings. The number of nitrogens with zero attached hydrogens (tertiary/aromatic N) is 5. The predicted molar refractivity (Wildman–Crippen MR) is 126 cm³/mol. The number of carbonyl (C=O) groups is 1. The normalized spacial score (nSPS) is 11.4. The minimum Gasteiger partial charge on any atom is -0.383 e. The van der Waals surface area contributed by atoms with Gasteiger partial charge in [0.2, 0.25) is 0 Å². The molecule has 2 aromatic carbocycles. The Morgan fingerprint density at radius 2 is 1.78 bits per heavy atom. The van der Waals surface area contributed by atoms with Gasteiger partial charge in [0.1, 0.15) is 16.9 Å². The number of anilines is 2. The molecule has 1 amide bonds. The Kier molecular flexibility index (Phi) is 4.79. The van der Waals surface area contributed by atoms with Crippen LogP contribution >= 0.6 is 0 Å². The lowest BCUT2D eigenvalue weighted by Crippen LogP contribution is -2.14. The summed E-state index contributed by atoms with van der Waals surface area (Å²) >= 11 is 0. The highest BCUT2D eigenvalue weighted by Gasteiger charge is 2.24. The SMILES string of the molecule is Cc1cccc(NC(=O)c2c(N)n(N=Cc3ccncc3)c3nc4ccccc4nc23)c1. The molecular weight excluding hydrogens is 402 g/mol. The molecule has 8 nitrogen and oxygen atoms in total. The highest BCUT2D eigenvalue weighted by molar-refractivity contribution is 6.16. The summed E-state index contributed by atoms with van der Waals surface area (Å²) in [5, 5.41) is 7.40. The van der Waals surface area contributed by atoms with Gasteiger partial charge in [-0.25, -0.2) is 9.97 Å². The van der Waals surface area contributed by atoms with Crippen molar-refractivity contribution in [1.29, 1.82) is 0 Å². The van der Waals surface area contributed by atoms with E-state index in [9.17, 15) is 4.79 Å². The molecule has 0 bridgehead atoms. The van der Waals surface area contributed by atoms with E-state index in [1.807, 2.05) is 67.6 Å². The zero-order valence-electron chi connectivity index (χ0n) is 17.2. The van der Waals surface area contributed by atoms with Gasteiger partial charge < -0.3 is 11.1 Å². The average molecular weight is 421 g/mol. The van der Waals surface area contributed by atoms with Gasteiger partial charge in [-0.1, -0.05) is 24.3 Å². The number of fused-ring (bicyclic) bond motifs is 2. The van der Waals surface area contributed by atoms with Crippen LogP contribution in [-0.2, 0) is 0 Å². The quantitative estimate of drug-likeness (QED) is 0.426. The Hall–Kier alpha value is -4.59. The van der Waals surface area contributed by atoms with Crippen molar-refractivity contribution in [3.8, 4) is 0 Å². The molecule has 5 rings (SSSR count). The summed E-state index contributed by atoms with van der Waals surface area (Å²) < 4.78 is 1.44. The monoisotopic (exact) mass is 421 g/mol. The number of hydrogen-bond donors (Lipinski definition) is 2.